The van der Waals surface area contributed by atoms with Gasteiger partial charge in [0.15, 0.2) is 0 Å². The Labute approximate surface area is 127 Å². The van der Waals surface area contributed by atoms with Crippen molar-refractivity contribution in [2.24, 2.45) is 0 Å². The van der Waals surface area contributed by atoms with Crippen LogP contribution in [0.1, 0.15) is 24.1 Å². The second kappa shape index (κ2) is 5.34. The van der Waals surface area contributed by atoms with Crippen molar-refractivity contribution in [2.45, 2.75) is 13.0 Å². The van der Waals surface area contributed by atoms with Gasteiger partial charge in [-0.05, 0) is 24.1 Å². The highest BCUT2D eigenvalue weighted by Gasteiger charge is 2.31. The van der Waals surface area contributed by atoms with E-state index in [1.807, 2.05) is 0 Å². The van der Waals surface area contributed by atoms with Crippen molar-refractivity contribution in [2.75, 3.05) is 14.1 Å². The van der Waals surface area contributed by atoms with E-state index in [0.717, 1.165) is 4.48 Å². The van der Waals surface area contributed by atoms with Gasteiger partial charge in [0.1, 0.15) is 12.2 Å². The van der Waals surface area contributed by atoms with Crippen LogP contribution in [0.15, 0.2) is 78.5 Å². The predicted molar refractivity (Wildman–Crippen MR) is 89.5 cm³/mol. The van der Waals surface area contributed by atoms with Gasteiger partial charge in [-0.15, -0.1) is 0 Å². The Morgan fingerprint density at radius 2 is 1.38 bits per heavy atom. The SMILES string of the molecule is CC1=CC(c2ccccc2)[N+](C)(C)C=C1c1ccccc1. The summed E-state index contributed by atoms with van der Waals surface area (Å²) < 4.78 is 0.839. The summed E-state index contributed by atoms with van der Waals surface area (Å²) >= 11 is 0. The number of rotatable bonds is 2. The Morgan fingerprint density at radius 1 is 0.810 bits per heavy atom. The molecule has 1 heteroatoms. The molecule has 1 aliphatic heterocycles. The first-order valence-electron chi connectivity index (χ1n) is 7.43. The molecule has 2 aromatic rings. The first-order chi connectivity index (χ1) is 10.1. The van der Waals surface area contributed by atoms with E-state index in [9.17, 15) is 0 Å². The van der Waals surface area contributed by atoms with Crippen molar-refractivity contribution >= 4 is 5.57 Å². The van der Waals surface area contributed by atoms with E-state index in [0.29, 0.717) is 6.04 Å². The highest BCUT2D eigenvalue weighted by atomic mass is 15.3. The Hall–Kier alpha value is -2.12. The van der Waals surface area contributed by atoms with Gasteiger partial charge in [-0.1, -0.05) is 60.7 Å². The quantitative estimate of drug-likeness (QED) is 0.691. The van der Waals surface area contributed by atoms with Crippen LogP contribution in [0.4, 0.5) is 0 Å². The molecule has 0 radical (unpaired) electrons. The minimum Gasteiger partial charge on any atom is -0.292 e. The van der Waals surface area contributed by atoms with Crippen LogP contribution < -0.4 is 0 Å². The molecule has 1 atom stereocenters. The van der Waals surface area contributed by atoms with Gasteiger partial charge < -0.3 is 0 Å². The van der Waals surface area contributed by atoms with Gasteiger partial charge in [0.2, 0.25) is 0 Å². The topological polar surface area (TPSA) is 0 Å². The highest BCUT2D eigenvalue weighted by molar-refractivity contribution is 5.78. The van der Waals surface area contributed by atoms with Crippen molar-refractivity contribution in [3.63, 3.8) is 0 Å². The lowest BCUT2D eigenvalue weighted by Crippen LogP contribution is -2.39. The van der Waals surface area contributed by atoms with Gasteiger partial charge in [-0.2, -0.15) is 0 Å². The van der Waals surface area contributed by atoms with Crippen molar-refractivity contribution in [3.05, 3.63) is 89.6 Å². The van der Waals surface area contributed by atoms with Gasteiger partial charge in [0.05, 0.1) is 14.1 Å². The molecule has 0 aromatic heterocycles. The summed E-state index contributed by atoms with van der Waals surface area (Å²) in [5, 5.41) is 0. The molecule has 1 heterocycles. The molecule has 0 amide bonds. The van der Waals surface area contributed by atoms with E-state index in [1.54, 1.807) is 0 Å². The molecule has 3 rings (SSSR count). The fraction of sp³-hybridized carbons (Fsp3) is 0.200. The molecule has 1 unspecified atom stereocenters. The first kappa shape index (κ1) is 13.8. The monoisotopic (exact) mass is 276 g/mol. The maximum atomic E-state index is 2.40. The third-order valence-electron chi connectivity index (χ3n) is 4.24. The number of hydrogen-bond acceptors (Lipinski definition) is 0. The third-order valence-corrected chi connectivity index (χ3v) is 4.24. The molecule has 0 aliphatic carbocycles. The molecule has 0 fully saturated rings. The first-order valence-corrected chi connectivity index (χ1v) is 7.43. The molecule has 2 aromatic carbocycles. The number of benzene rings is 2. The summed E-state index contributed by atoms with van der Waals surface area (Å²) in [6.45, 7) is 2.22. The smallest absolute Gasteiger partial charge is 0.138 e. The van der Waals surface area contributed by atoms with Crippen LogP contribution in [0.3, 0.4) is 0 Å². The van der Waals surface area contributed by atoms with Gasteiger partial charge >= 0.3 is 0 Å². The third kappa shape index (κ3) is 2.70. The predicted octanol–water partition coefficient (Wildman–Crippen LogP) is 4.81. The van der Waals surface area contributed by atoms with Crippen molar-refractivity contribution < 1.29 is 4.48 Å². The fourth-order valence-electron chi connectivity index (χ4n) is 3.08. The molecule has 0 spiro atoms. The van der Waals surface area contributed by atoms with Crippen molar-refractivity contribution in [1.82, 2.24) is 0 Å². The molecular formula is C20H22N+. The summed E-state index contributed by atoms with van der Waals surface area (Å²) in [4.78, 5) is 0. The van der Waals surface area contributed by atoms with Gasteiger partial charge in [0.25, 0.3) is 0 Å². The Kier molecular flexibility index (Phi) is 3.52. The van der Waals surface area contributed by atoms with E-state index in [2.05, 4.69) is 94.0 Å². The summed E-state index contributed by atoms with van der Waals surface area (Å²) in [6.07, 6.45) is 4.78. The maximum absolute atomic E-state index is 2.40. The van der Waals surface area contributed by atoms with E-state index >= 15 is 0 Å². The maximum Gasteiger partial charge on any atom is 0.138 e. The van der Waals surface area contributed by atoms with E-state index in [4.69, 9.17) is 0 Å². The van der Waals surface area contributed by atoms with Crippen LogP contribution in [-0.2, 0) is 0 Å². The van der Waals surface area contributed by atoms with Crippen LogP contribution in [0.2, 0.25) is 0 Å². The van der Waals surface area contributed by atoms with Gasteiger partial charge in [-0.25, -0.2) is 0 Å². The zero-order chi connectivity index (χ0) is 14.9. The van der Waals surface area contributed by atoms with Crippen LogP contribution in [0.5, 0.6) is 0 Å². The largest absolute Gasteiger partial charge is 0.292 e. The average Bonchev–Trinajstić information content (AvgIpc) is 2.51. The van der Waals surface area contributed by atoms with Crippen molar-refractivity contribution in [3.8, 4) is 0 Å². The Balaban J connectivity index is 2.03. The summed E-state index contributed by atoms with van der Waals surface area (Å²) in [5.41, 5.74) is 5.36. The zero-order valence-electron chi connectivity index (χ0n) is 13.0. The number of quaternary nitrogens is 1. The van der Waals surface area contributed by atoms with Gasteiger partial charge in [0, 0.05) is 11.1 Å². The second-order valence-corrected chi connectivity index (χ2v) is 6.24. The lowest BCUT2D eigenvalue weighted by Gasteiger charge is -2.37. The van der Waals surface area contributed by atoms with Crippen LogP contribution in [0, 0.1) is 0 Å². The number of likely N-dealkylation sites (N-methyl/N-ethyl adjacent to an activating group) is 1. The summed E-state index contributed by atoms with van der Waals surface area (Å²) in [5.74, 6) is 0. The van der Waals surface area contributed by atoms with Crippen LogP contribution in [0.25, 0.3) is 5.57 Å². The van der Waals surface area contributed by atoms with Crippen molar-refractivity contribution in [1.29, 1.82) is 0 Å². The standard InChI is InChI=1S/C20H22N/c1-16-14-20(18-12-8-5-9-13-18)21(2,3)15-19(16)17-10-6-4-7-11-17/h4-15,20H,1-3H3/q+1. The van der Waals surface area contributed by atoms with E-state index in [1.165, 1.54) is 22.3 Å². The minimum absolute atomic E-state index is 0.374. The number of allylic oxidation sites excluding steroid dienone is 2. The summed E-state index contributed by atoms with van der Waals surface area (Å²) in [7, 11) is 4.53. The van der Waals surface area contributed by atoms with E-state index in [-0.39, 0.29) is 0 Å². The number of nitrogens with zero attached hydrogens (tertiary/aromatic N) is 1. The lowest BCUT2D eigenvalue weighted by atomic mass is 9.91. The minimum atomic E-state index is 0.374. The van der Waals surface area contributed by atoms with E-state index < -0.39 is 0 Å². The molecule has 0 bridgehead atoms. The number of hydrogen-bond donors (Lipinski definition) is 0. The molecule has 0 saturated heterocycles. The fourth-order valence-corrected chi connectivity index (χ4v) is 3.08. The lowest BCUT2D eigenvalue weighted by molar-refractivity contribution is -0.864. The summed E-state index contributed by atoms with van der Waals surface area (Å²) in [6, 6.07) is 21.8. The molecule has 106 valence electrons. The second-order valence-electron chi connectivity index (χ2n) is 6.24. The normalized spacial score (nSPS) is 20.6. The highest BCUT2D eigenvalue weighted by Crippen LogP contribution is 2.38. The van der Waals surface area contributed by atoms with Gasteiger partial charge in [-0.3, -0.25) is 4.48 Å². The average molecular weight is 276 g/mol. The van der Waals surface area contributed by atoms with Crippen LogP contribution in [-0.4, -0.2) is 18.6 Å². The van der Waals surface area contributed by atoms with Crippen LogP contribution >= 0.6 is 0 Å². The molecule has 0 saturated carbocycles. The molecule has 1 aliphatic rings. The molecule has 1 nitrogen and oxygen atoms in total. The Morgan fingerprint density at radius 3 is 2.00 bits per heavy atom. The Bertz CT molecular complexity index is 678. The molecule has 0 N–H and O–H groups in total. The molecular weight excluding hydrogens is 254 g/mol. The molecule has 21 heavy (non-hydrogen) atoms. The zero-order valence-corrected chi connectivity index (χ0v) is 13.0.